The van der Waals surface area contributed by atoms with Crippen LogP contribution in [-0.4, -0.2) is 16.4 Å². The Morgan fingerprint density at radius 1 is 1.47 bits per heavy atom. The van der Waals surface area contributed by atoms with Crippen molar-refractivity contribution in [2.24, 2.45) is 0 Å². The molecule has 1 aromatic carbocycles. The Labute approximate surface area is 108 Å². The molecule has 17 heavy (non-hydrogen) atoms. The number of nitrogens with zero attached hydrogens (tertiary/aromatic N) is 3. The molecular formula is C11H11ClFN3S. The van der Waals surface area contributed by atoms with E-state index < -0.39 is 0 Å². The summed E-state index contributed by atoms with van der Waals surface area (Å²) in [7, 11) is 1.90. The molecule has 0 fully saturated rings. The van der Waals surface area contributed by atoms with Crippen molar-refractivity contribution in [2.75, 3.05) is 11.9 Å². The maximum atomic E-state index is 12.9. The molecule has 0 saturated carbocycles. The van der Waals surface area contributed by atoms with E-state index in [1.54, 1.807) is 6.07 Å². The van der Waals surface area contributed by atoms with Gasteiger partial charge in [0, 0.05) is 30.1 Å². The predicted octanol–water partition coefficient (Wildman–Crippen LogP) is 3.28. The van der Waals surface area contributed by atoms with Gasteiger partial charge in [-0.15, -0.1) is 0 Å². The van der Waals surface area contributed by atoms with Crippen LogP contribution in [-0.2, 0) is 6.54 Å². The minimum absolute atomic E-state index is 0.326. The zero-order chi connectivity index (χ0) is 12.4. The Bertz CT molecular complexity index is 529. The SMILES string of the molecule is Cc1nsc(N(C)Cc2ccc(F)cc2Cl)n1. The molecule has 0 aliphatic rings. The summed E-state index contributed by atoms with van der Waals surface area (Å²) in [5.74, 6) is 0.426. The molecule has 0 bridgehead atoms. The van der Waals surface area contributed by atoms with Gasteiger partial charge in [-0.05, 0) is 24.6 Å². The first-order valence-corrected chi connectivity index (χ1v) is 6.17. The zero-order valence-electron chi connectivity index (χ0n) is 9.44. The topological polar surface area (TPSA) is 29.0 Å². The summed E-state index contributed by atoms with van der Waals surface area (Å²) in [5.41, 5.74) is 0.864. The van der Waals surface area contributed by atoms with Crippen molar-refractivity contribution in [3.63, 3.8) is 0 Å². The van der Waals surface area contributed by atoms with Gasteiger partial charge in [-0.3, -0.25) is 0 Å². The molecule has 3 nitrogen and oxygen atoms in total. The van der Waals surface area contributed by atoms with Crippen LogP contribution < -0.4 is 4.90 Å². The van der Waals surface area contributed by atoms with E-state index in [0.717, 1.165) is 16.5 Å². The summed E-state index contributed by atoms with van der Waals surface area (Å²) >= 11 is 7.30. The smallest absolute Gasteiger partial charge is 0.205 e. The number of halogens is 2. The van der Waals surface area contributed by atoms with Crippen molar-refractivity contribution < 1.29 is 4.39 Å². The van der Waals surface area contributed by atoms with Gasteiger partial charge in [-0.1, -0.05) is 17.7 Å². The Balaban J connectivity index is 2.15. The first-order chi connectivity index (χ1) is 8.06. The number of anilines is 1. The molecule has 0 N–H and O–H groups in total. The largest absolute Gasteiger partial charge is 0.346 e. The third kappa shape index (κ3) is 2.92. The van der Waals surface area contributed by atoms with Crippen LogP contribution in [0.5, 0.6) is 0 Å². The molecule has 0 atom stereocenters. The van der Waals surface area contributed by atoms with Gasteiger partial charge in [0.25, 0.3) is 0 Å². The number of aromatic nitrogens is 2. The summed E-state index contributed by atoms with van der Waals surface area (Å²) in [6.45, 7) is 2.42. The molecule has 2 rings (SSSR count). The Hall–Kier alpha value is -1.20. The first-order valence-electron chi connectivity index (χ1n) is 5.01. The fraction of sp³-hybridized carbons (Fsp3) is 0.273. The average molecular weight is 272 g/mol. The Kier molecular flexibility index (Phi) is 3.59. The molecule has 90 valence electrons. The second-order valence-electron chi connectivity index (χ2n) is 3.72. The number of hydrogen-bond donors (Lipinski definition) is 0. The van der Waals surface area contributed by atoms with Crippen molar-refractivity contribution in [2.45, 2.75) is 13.5 Å². The lowest BCUT2D eigenvalue weighted by Crippen LogP contribution is -2.16. The lowest BCUT2D eigenvalue weighted by molar-refractivity contribution is 0.627. The van der Waals surface area contributed by atoms with E-state index in [1.807, 2.05) is 18.9 Å². The fourth-order valence-corrected chi connectivity index (χ4v) is 2.27. The summed E-state index contributed by atoms with van der Waals surface area (Å²) in [5, 5.41) is 1.25. The van der Waals surface area contributed by atoms with Crippen molar-refractivity contribution >= 4 is 28.3 Å². The molecule has 0 unspecified atom stereocenters. The normalized spacial score (nSPS) is 10.6. The zero-order valence-corrected chi connectivity index (χ0v) is 11.0. The summed E-state index contributed by atoms with van der Waals surface area (Å²) in [6.07, 6.45) is 0. The summed E-state index contributed by atoms with van der Waals surface area (Å²) in [4.78, 5) is 6.20. The van der Waals surface area contributed by atoms with E-state index in [9.17, 15) is 4.39 Å². The molecule has 0 radical (unpaired) electrons. The van der Waals surface area contributed by atoms with Gasteiger partial charge in [0.1, 0.15) is 11.6 Å². The van der Waals surface area contributed by atoms with Crippen LogP contribution in [0.2, 0.25) is 5.02 Å². The second kappa shape index (κ2) is 4.98. The third-order valence-corrected chi connectivity index (χ3v) is 3.54. The van der Waals surface area contributed by atoms with Gasteiger partial charge in [0.2, 0.25) is 5.13 Å². The first kappa shape index (κ1) is 12.3. The highest BCUT2D eigenvalue weighted by atomic mass is 35.5. The van der Waals surface area contributed by atoms with E-state index in [-0.39, 0.29) is 5.82 Å². The monoisotopic (exact) mass is 271 g/mol. The molecule has 0 aliphatic carbocycles. The van der Waals surface area contributed by atoms with E-state index in [4.69, 9.17) is 11.6 Å². The Morgan fingerprint density at radius 2 is 2.24 bits per heavy atom. The van der Waals surface area contributed by atoms with E-state index in [1.165, 1.54) is 23.7 Å². The summed E-state index contributed by atoms with van der Waals surface area (Å²) < 4.78 is 17.0. The van der Waals surface area contributed by atoms with Crippen LogP contribution in [0.25, 0.3) is 0 Å². The van der Waals surface area contributed by atoms with Crippen LogP contribution in [0.3, 0.4) is 0 Å². The number of rotatable bonds is 3. The van der Waals surface area contributed by atoms with Crippen molar-refractivity contribution in [3.8, 4) is 0 Å². The quantitative estimate of drug-likeness (QED) is 0.858. The van der Waals surface area contributed by atoms with Gasteiger partial charge in [0.05, 0.1) is 0 Å². The number of benzene rings is 1. The Morgan fingerprint density at radius 3 is 2.82 bits per heavy atom. The second-order valence-corrected chi connectivity index (χ2v) is 4.85. The van der Waals surface area contributed by atoms with E-state index in [0.29, 0.717) is 11.6 Å². The molecule has 1 heterocycles. The molecular weight excluding hydrogens is 261 g/mol. The van der Waals surface area contributed by atoms with E-state index >= 15 is 0 Å². The number of hydrogen-bond acceptors (Lipinski definition) is 4. The molecule has 0 spiro atoms. The van der Waals surface area contributed by atoms with Crippen LogP contribution in [0.15, 0.2) is 18.2 Å². The highest BCUT2D eigenvalue weighted by Gasteiger charge is 2.09. The van der Waals surface area contributed by atoms with Gasteiger partial charge >= 0.3 is 0 Å². The number of aryl methyl sites for hydroxylation is 1. The standard InChI is InChI=1S/C11H11ClFN3S/c1-7-14-11(17-15-7)16(2)6-8-3-4-9(13)5-10(8)12/h3-5H,6H2,1-2H3. The lowest BCUT2D eigenvalue weighted by Gasteiger charge is -2.15. The van der Waals surface area contributed by atoms with Gasteiger partial charge in [0.15, 0.2) is 0 Å². The van der Waals surface area contributed by atoms with Crippen LogP contribution in [0.4, 0.5) is 9.52 Å². The van der Waals surface area contributed by atoms with Crippen LogP contribution >= 0.6 is 23.1 Å². The van der Waals surface area contributed by atoms with Crippen LogP contribution in [0, 0.1) is 12.7 Å². The average Bonchev–Trinajstić information content (AvgIpc) is 2.69. The molecule has 0 saturated heterocycles. The lowest BCUT2D eigenvalue weighted by atomic mass is 10.2. The summed E-state index contributed by atoms with van der Waals surface area (Å²) in [6, 6.07) is 4.40. The molecule has 0 amide bonds. The minimum Gasteiger partial charge on any atom is -0.346 e. The van der Waals surface area contributed by atoms with Crippen molar-refractivity contribution in [1.29, 1.82) is 0 Å². The van der Waals surface area contributed by atoms with Gasteiger partial charge < -0.3 is 4.90 Å². The third-order valence-electron chi connectivity index (χ3n) is 2.27. The minimum atomic E-state index is -0.326. The molecule has 0 aliphatic heterocycles. The molecule has 2 aromatic rings. The highest BCUT2D eigenvalue weighted by Crippen LogP contribution is 2.22. The van der Waals surface area contributed by atoms with Crippen molar-refractivity contribution in [3.05, 3.63) is 40.4 Å². The molecule has 1 aromatic heterocycles. The fourth-order valence-electron chi connectivity index (χ4n) is 1.41. The van der Waals surface area contributed by atoms with Crippen LogP contribution in [0.1, 0.15) is 11.4 Å². The maximum Gasteiger partial charge on any atom is 0.205 e. The van der Waals surface area contributed by atoms with Crippen molar-refractivity contribution in [1.82, 2.24) is 9.36 Å². The van der Waals surface area contributed by atoms with E-state index in [2.05, 4.69) is 9.36 Å². The van der Waals surface area contributed by atoms with Gasteiger partial charge in [-0.2, -0.15) is 4.37 Å². The van der Waals surface area contributed by atoms with Gasteiger partial charge in [-0.25, -0.2) is 9.37 Å². The predicted molar refractivity (Wildman–Crippen MR) is 68.2 cm³/mol. The maximum absolute atomic E-state index is 12.9. The highest BCUT2D eigenvalue weighted by molar-refractivity contribution is 7.09. The molecule has 6 heteroatoms.